The van der Waals surface area contributed by atoms with Crippen molar-refractivity contribution in [3.63, 3.8) is 0 Å². The SMILES string of the molecule is CC(C)N(CCCN)c1nc(C(F)(F)F)ns1. The Balaban J connectivity index is 2.84. The minimum atomic E-state index is -4.48. The molecule has 17 heavy (non-hydrogen) atoms. The summed E-state index contributed by atoms with van der Waals surface area (Å²) >= 11 is 0.767. The fourth-order valence-electron chi connectivity index (χ4n) is 1.28. The molecule has 0 fully saturated rings. The maximum atomic E-state index is 12.4. The summed E-state index contributed by atoms with van der Waals surface area (Å²) in [6.45, 7) is 4.87. The number of anilines is 1. The second kappa shape index (κ2) is 5.63. The molecule has 4 nitrogen and oxygen atoms in total. The van der Waals surface area contributed by atoms with Crippen LogP contribution < -0.4 is 10.6 Å². The van der Waals surface area contributed by atoms with Crippen LogP contribution in [0.15, 0.2) is 0 Å². The number of hydrogen-bond donors (Lipinski definition) is 1. The normalized spacial score (nSPS) is 12.2. The Morgan fingerprint density at radius 1 is 1.41 bits per heavy atom. The van der Waals surface area contributed by atoms with E-state index in [2.05, 4.69) is 9.36 Å². The molecule has 1 rings (SSSR count). The fraction of sp³-hybridized carbons (Fsp3) is 0.778. The first-order valence-corrected chi connectivity index (χ1v) is 6.01. The number of rotatable bonds is 5. The molecule has 98 valence electrons. The Bertz CT molecular complexity index is 350. The van der Waals surface area contributed by atoms with Crippen LogP contribution in [0.5, 0.6) is 0 Å². The quantitative estimate of drug-likeness (QED) is 0.888. The van der Waals surface area contributed by atoms with Crippen LogP contribution in [0.3, 0.4) is 0 Å². The summed E-state index contributed by atoms with van der Waals surface area (Å²) in [4.78, 5) is 5.30. The first-order chi connectivity index (χ1) is 7.86. The maximum absolute atomic E-state index is 12.4. The van der Waals surface area contributed by atoms with Gasteiger partial charge in [-0.05, 0) is 26.8 Å². The lowest BCUT2D eigenvalue weighted by atomic mass is 10.3. The second-order valence-corrected chi connectivity index (χ2v) is 4.56. The number of nitrogens with zero attached hydrogens (tertiary/aromatic N) is 3. The van der Waals surface area contributed by atoms with Crippen molar-refractivity contribution in [1.82, 2.24) is 9.36 Å². The summed E-state index contributed by atoms with van der Waals surface area (Å²) in [5, 5.41) is 0.292. The monoisotopic (exact) mass is 268 g/mol. The van der Waals surface area contributed by atoms with Gasteiger partial charge < -0.3 is 10.6 Å². The number of nitrogens with two attached hydrogens (primary N) is 1. The molecule has 0 bridgehead atoms. The zero-order valence-electron chi connectivity index (χ0n) is 9.66. The molecule has 0 aliphatic heterocycles. The van der Waals surface area contributed by atoms with E-state index in [1.54, 1.807) is 4.90 Å². The van der Waals surface area contributed by atoms with Gasteiger partial charge in [0.05, 0.1) is 0 Å². The lowest BCUT2D eigenvalue weighted by Gasteiger charge is -2.25. The van der Waals surface area contributed by atoms with E-state index in [-0.39, 0.29) is 6.04 Å². The van der Waals surface area contributed by atoms with Crippen molar-refractivity contribution in [1.29, 1.82) is 0 Å². The molecule has 8 heteroatoms. The minimum Gasteiger partial charge on any atom is -0.344 e. The highest BCUT2D eigenvalue weighted by Crippen LogP contribution is 2.30. The average Bonchev–Trinajstić information content (AvgIpc) is 2.66. The number of alkyl halides is 3. The molecule has 0 spiro atoms. The van der Waals surface area contributed by atoms with Crippen molar-refractivity contribution in [2.45, 2.75) is 32.5 Å². The average molecular weight is 268 g/mol. The molecule has 0 saturated carbocycles. The van der Waals surface area contributed by atoms with E-state index in [0.29, 0.717) is 24.6 Å². The third-order valence-electron chi connectivity index (χ3n) is 2.14. The highest BCUT2D eigenvalue weighted by Gasteiger charge is 2.36. The first-order valence-electron chi connectivity index (χ1n) is 5.24. The first kappa shape index (κ1) is 14.2. The van der Waals surface area contributed by atoms with Crippen LogP contribution in [-0.2, 0) is 6.18 Å². The van der Waals surface area contributed by atoms with Gasteiger partial charge in [-0.15, -0.1) is 0 Å². The van der Waals surface area contributed by atoms with Gasteiger partial charge in [-0.3, -0.25) is 0 Å². The van der Waals surface area contributed by atoms with E-state index < -0.39 is 12.0 Å². The van der Waals surface area contributed by atoms with E-state index >= 15 is 0 Å². The van der Waals surface area contributed by atoms with Crippen LogP contribution in [-0.4, -0.2) is 28.5 Å². The number of hydrogen-bond acceptors (Lipinski definition) is 5. The van der Waals surface area contributed by atoms with Gasteiger partial charge in [0.15, 0.2) is 0 Å². The molecule has 1 heterocycles. The molecule has 1 aromatic heterocycles. The van der Waals surface area contributed by atoms with E-state index in [0.717, 1.165) is 11.5 Å². The molecular weight excluding hydrogens is 253 g/mol. The van der Waals surface area contributed by atoms with Crippen molar-refractivity contribution in [2.24, 2.45) is 5.73 Å². The standard InChI is InChI=1S/C9H15F3N4S/c1-6(2)16(5-3-4-13)8-14-7(15-17-8)9(10,11)12/h6H,3-5,13H2,1-2H3. The zero-order chi connectivity index (χ0) is 13.1. The molecule has 0 atom stereocenters. The van der Waals surface area contributed by atoms with E-state index in [4.69, 9.17) is 5.73 Å². The predicted molar refractivity (Wildman–Crippen MR) is 61.1 cm³/mol. The van der Waals surface area contributed by atoms with Crippen molar-refractivity contribution >= 4 is 16.7 Å². The van der Waals surface area contributed by atoms with Gasteiger partial charge in [0.1, 0.15) is 0 Å². The third-order valence-corrected chi connectivity index (χ3v) is 2.89. The summed E-state index contributed by atoms with van der Waals surface area (Å²) in [5.41, 5.74) is 5.39. The molecule has 0 unspecified atom stereocenters. The van der Waals surface area contributed by atoms with Crippen LogP contribution in [0.4, 0.5) is 18.3 Å². The van der Waals surface area contributed by atoms with Crippen molar-refractivity contribution < 1.29 is 13.2 Å². The largest absolute Gasteiger partial charge is 0.452 e. The Hall–Kier alpha value is -0.890. The number of halogens is 3. The molecule has 0 aliphatic rings. The Morgan fingerprint density at radius 2 is 2.06 bits per heavy atom. The van der Waals surface area contributed by atoms with Gasteiger partial charge in [-0.1, -0.05) is 0 Å². The predicted octanol–water partition coefficient (Wildman–Crippen LogP) is 2.12. The smallest absolute Gasteiger partial charge is 0.344 e. The summed E-state index contributed by atoms with van der Waals surface area (Å²) in [6.07, 6.45) is -3.77. The lowest BCUT2D eigenvalue weighted by molar-refractivity contribution is -0.144. The van der Waals surface area contributed by atoms with Crippen LogP contribution >= 0.6 is 11.5 Å². The summed E-state index contributed by atoms with van der Waals surface area (Å²) in [6, 6.07) is 0.0654. The maximum Gasteiger partial charge on any atom is 0.452 e. The summed E-state index contributed by atoms with van der Waals surface area (Å²) < 4.78 is 40.4. The highest BCUT2D eigenvalue weighted by atomic mass is 32.1. The van der Waals surface area contributed by atoms with Gasteiger partial charge in [0.25, 0.3) is 0 Å². The van der Waals surface area contributed by atoms with Crippen molar-refractivity contribution in [3.05, 3.63) is 5.82 Å². The van der Waals surface area contributed by atoms with Crippen LogP contribution in [0.2, 0.25) is 0 Å². The van der Waals surface area contributed by atoms with Crippen LogP contribution in [0.1, 0.15) is 26.1 Å². The second-order valence-electron chi connectivity index (χ2n) is 3.83. The fourth-order valence-corrected chi connectivity index (χ4v) is 2.13. The molecule has 0 aliphatic carbocycles. The molecule has 0 amide bonds. The van der Waals surface area contributed by atoms with E-state index in [1.165, 1.54) is 0 Å². The molecule has 0 radical (unpaired) electrons. The topological polar surface area (TPSA) is 55.0 Å². The minimum absolute atomic E-state index is 0.0654. The molecule has 0 aromatic carbocycles. The van der Waals surface area contributed by atoms with E-state index in [9.17, 15) is 13.2 Å². The Kier molecular flexibility index (Phi) is 4.70. The van der Waals surface area contributed by atoms with E-state index in [1.807, 2.05) is 13.8 Å². The summed E-state index contributed by atoms with van der Waals surface area (Å²) in [7, 11) is 0. The molecule has 2 N–H and O–H groups in total. The zero-order valence-corrected chi connectivity index (χ0v) is 10.5. The molecule has 0 saturated heterocycles. The lowest BCUT2D eigenvalue weighted by Crippen LogP contribution is -2.32. The van der Waals surface area contributed by atoms with Crippen LogP contribution in [0, 0.1) is 0 Å². The molecular formula is C9H15F3N4S. The van der Waals surface area contributed by atoms with Crippen molar-refractivity contribution in [3.8, 4) is 0 Å². The third kappa shape index (κ3) is 3.81. The Labute approximate surface area is 102 Å². The molecule has 1 aromatic rings. The van der Waals surface area contributed by atoms with Crippen molar-refractivity contribution in [2.75, 3.05) is 18.0 Å². The van der Waals surface area contributed by atoms with Gasteiger partial charge in [0.2, 0.25) is 11.0 Å². The van der Waals surface area contributed by atoms with Gasteiger partial charge >= 0.3 is 6.18 Å². The van der Waals surface area contributed by atoms with Crippen LogP contribution in [0.25, 0.3) is 0 Å². The van der Waals surface area contributed by atoms with Gasteiger partial charge in [0, 0.05) is 24.1 Å². The summed E-state index contributed by atoms with van der Waals surface area (Å²) in [5.74, 6) is -1.07. The Morgan fingerprint density at radius 3 is 2.47 bits per heavy atom. The van der Waals surface area contributed by atoms with Gasteiger partial charge in [-0.2, -0.15) is 22.5 Å². The van der Waals surface area contributed by atoms with Gasteiger partial charge in [-0.25, -0.2) is 0 Å². The number of aromatic nitrogens is 2. The highest BCUT2D eigenvalue weighted by molar-refractivity contribution is 7.09.